The monoisotopic (exact) mass is 537 g/mol. The van der Waals surface area contributed by atoms with Crippen molar-refractivity contribution in [2.75, 3.05) is 0 Å². The van der Waals surface area contributed by atoms with Gasteiger partial charge in [0.2, 0.25) is 0 Å². The Balaban J connectivity index is 1.27. The Bertz CT molecular complexity index is 1110. The minimum Gasteiger partial charge on any atom is -0.393 e. The second-order valence-electron chi connectivity index (χ2n) is 12.9. The molecule has 4 fully saturated rings. The van der Waals surface area contributed by atoms with Gasteiger partial charge >= 0.3 is 0 Å². The molecule has 5 heteroatoms. The summed E-state index contributed by atoms with van der Waals surface area (Å²) < 4.78 is 0. The van der Waals surface area contributed by atoms with Crippen molar-refractivity contribution in [3.8, 4) is 0 Å². The van der Waals surface area contributed by atoms with E-state index in [1.54, 1.807) is 11.3 Å². The van der Waals surface area contributed by atoms with E-state index in [1.165, 1.54) is 36.1 Å². The van der Waals surface area contributed by atoms with Gasteiger partial charge in [0.05, 0.1) is 23.7 Å². The number of aryl methyl sites for hydroxylation is 1. The molecule has 1 aromatic rings. The fourth-order valence-corrected chi connectivity index (χ4v) is 9.17. The maximum atomic E-state index is 11.2. The lowest BCUT2D eigenvalue weighted by Crippen LogP contribution is -2.35. The van der Waals surface area contributed by atoms with Crippen molar-refractivity contribution >= 4 is 11.3 Å². The Hall–Kier alpha value is -1.53. The number of hydrogen-bond donors (Lipinski definition) is 3. The number of allylic oxidation sites excluding steroid dienone is 4. The van der Waals surface area contributed by atoms with Crippen LogP contribution in [0.3, 0.4) is 0 Å². The number of rotatable bonds is 8. The molecule has 4 aliphatic carbocycles. The highest BCUT2D eigenvalue weighted by Gasteiger charge is 2.53. The molecule has 0 unspecified atom stereocenters. The average molecular weight is 538 g/mol. The highest BCUT2D eigenvalue weighted by atomic mass is 32.1. The van der Waals surface area contributed by atoms with Gasteiger partial charge < -0.3 is 15.3 Å². The van der Waals surface area contributed by atoms with E-state index in [1.807, 2.05) is 6.20 Å². The molecule has 5 rings (SSSR count). The van der Waals surface area contributed by atoms with Crippen molar-refractivity contribution in [3.05, 3.63) is 63.7 Å². The molecule has 3 N–H and O–H groups in total. The summed E-state index contributed by atoms with van der Waals surface area (Å²) in [5, 5.41) is 32.7. The van der Waals surface area contributed by atoms with Gasteiger partial charge in [-0.1, -0.05) is 63.6 Å². The first kappa shape index (κ1) is 28.0. The molecule has 38 heavy (non-hydrogen) atoms. The number of fused-ring (bicyclic) bond motifs is 1. The van der Waals surface area contributed by atoms with Crippen molar-refractivity contribution in [3.63, 3.8) is 0 Å². The minimum atomic E-state index is -0.636. The summed E-state index contributed by atoms with van der Waals surface area (Å²) in [6, 6.07) is 0. The van der Waals surface area contributed by atoms with Crippen LogP contribution in [0.15, 0.2) is 53.8 Å². The predicted molar refractivity (Wildman–Crippen MR) is 156 cm³/mol. The SMILES string of the molecule is C=C1/C(=C\C=C2/CCC[C@]3(C)[C@@H]([C@H](C)C=C[C@H](O)C4(c5ncc(CCC)s5)CC4)CC[C@@H]23)C[C@@H](O)C[C@@H]1O. The van der Waals surface area contributed by atoms with Crippen LogP contribution < -0.4 is 0 Å². The Kier molecular flexibility index (Phi) is 8.22. The van der Waals surface area contributed by atoms with Crippen LogP contribution in [0.2, 0.25) is 0 Å². The van der Waals surface area contributed by atoms with E-state index in [2.05, 4.69) is 51.7 Å². The Morgan fingerprint density at radius 3 is 2.71 bits per heavy atom. The van der Waals surface area contributed by atoms with Crippen LogP contribution in [0.1, 0.15) is 94.9 Å². The third-order valence-electron chi connectivity index (χ3n) is 10.4. The van der Waals surface area contributed by atoms with Gasteiger partial charge in [-0.25, -0.2) is 4.98 Å². The van der Waals surface area contributed by atoms with E-state index in [4.69, 9.17) is 4.98 Å². The zero-order valence-corrected chi connectivity index (χ0v) is 24.3. The van der Waals surface area contributed by atoms with Crippen LogP contribution in [0, 0.1) is 23.2 Å². The third kappa shape index (κ3) is 5.29. The number of nitrogens with zero attached hydrogens (tertiary/aromatic N) is 1. The highest BCUT2D eigenvalue weighted by Crippen LogP contribution is 2.60. The maximum Gasteiger partial charge on any atom is 0.102 e. The van der Waals surface area contributed by atoms with Crippen LogP contribution in [0.4, 0.5) is 0 Å². The molecule has 208 valence electrons. The zero-order valence-electron chi connectivity index (χ0n) is 23.5. The van der Waals surface area contributed by atoms with E-state index in [9.17, 15) is 15.3 Å². The fraction of sp³-hybridized carbons (Fsp3) is 0.667. The second kappa shape index (κ2) is 11.2. The van der Waals surface area contributed by atoms with Gasteiger partial charge in [-0.05, 0) is 92.1 Å². The molecular weight excluding hydrogens is 490 g/mol. The molecular formula is C33H47NO3S. The minimum absolute atomic E-state index is 0.159. The highest BCUT2D eigenvalue weighted by molar-refractivity contribution is 7.11. The molecule has 0 amide bonds. The van der Waals surface area contributed by atoms with Gasteiger partial charge in [-0.3, -0.25) is 0 Å². The quantitative estimate of drug-likeness (QED) is 0.318. The number of hydrogen-bond acceptors (Lipinski definition) is 5. The lowest BCUT2D eigenvalue weighted by atomic mass is 9.61. The molecule has 1 heterocycles. The first-order chi connectivity index (χ1) is 18.2. The first-order valence-electron chi connectivity index (χ1n) is 14.9. The van der Waals surface area contributed by atoms with Crippen molar-refractivity contribution in [2.24, 2.45) is 23.2 Å². The summed E-state index contributed by atoms with van der Waals surface area (Å²) in [7, 11) is 0. The van der Waals surface area contributed by atoms with Crippen molar-refractivity contribution < 1.29 is 15.3 Å². The second-order valence-corrected chi connectivity index (χ2v) is 14.0. The van der Waals surface area contributed by atoms with Gasteiger partial charge in [0.15, 0.2) is 0 Å². The summed E-state index contributed by atoms with van der Waals surface area (Å²) in [6.45, 7) is 11.1. The molecule has 4 saturated carbocycles. The number of thiazole rings is 1. The van der Waals surface area contributed by atoms with E-state index >= 15 is 0 Å². The van der Waals surface area contributed by atoms with Crippen molar-refractivity contribution in [1.82, 2.24) is 4.98 Å². The molecule has 0 bridgehead atoms. The Morgan fingerprint density at radius 1 is 1.18 bits per heavy atom. The molecule has 7 atom stereocenters. The van der Waals surface area contributed by atoms with Gasteiger partial charge in [-0.2, -0.15) is 0 Å². The van der Waals surface area contributed by atoms with Crippen molar-refractivity contribution in [2.45, 2.75) is 115 Å². The van der Waals surface area contributed by atoms with Gasteiger partial charge in [0.25, 0.3) is 0 Å². The van der Waals surface area contributed by atoms with E-state index in [0.717, 1.165) is 48.3 Å². The molecule has 4 nitrogen and oxygen atoms in total. The molecule has 0 radical (unpaired) electrons. The molecule has 1 aromatic heterocycles. The summed E-state index contributed by atoms with van der Waals surface area (Å²) in [6.07, 6.45) is 20.5. The number of aliphatic hydroxyl groups is 3. The number of aliphatic hydroxyl groups excluding tert-OH is 3. The van der Waals surface area contributed by atoms with E-state index in [-0.39, 0.29) is 10.8 Å². The summed E-state index contributed by atoms with van der Waals surface area (Å²) in [5.41, 5.74) is 3.39. The molecule has 0 aromatic carbocycles. The normalized spacial score (nSPS) is 36.6. The molecule has 0 saturated heterocycles. The largest absolute Gasteiger partial charge is 0.393 e. The predicted octanol–water partition coefficient (Wildman–Crippen LogP) is 6.82. The smallest absolute Gasteiger partial charge is 0.102 e. The third-order valence-corrected chi connectivity index (χ3v) is 11.6. The Labute approximate surface area is 233 Å². The standard InChI is InChI=1S/C33H47NO3S/c1-5-7-26-20-34-31(38-26)33(16-17-33)30(37)14-9-21(2)27-12-13-28-23(8-6-15-32(27,28)4)10-11-24-18-25(35)19-29(36)22(24)3/h9-11,14,20-21,25,27-30,35-37H,3,5-8,12-13,15-19H2,1-2,4H3/b14-9?,23-10+,24-11-/t21-,25-,27-,28+,29+,30+,32-/m1/s1. The Morgan fingerprint density at radius 2 is 1.97 bits per heavy atom. The van der Waals surface area contributed by atoms with Crippen LogP contribution in [-0.4, -0.2) is 38.6 Å². The zero-order chi connectivity index (χ0) is 27.1. The number of aromatic nitrogens is 1. The first-order valence-corrected chi connectivity index (χ1v) is 15.8. The summed E-state index contributed by atoms with van der Waals surface area (Å²) in [4.78, 5) is 6.05. The summed E-state index contributed by atoms with van der Waals surface area (Å²) in [5.74, 6) is 1.60. The van der Waals surface area contributed by atoms with Gasteiger partial charge in [0, 0.05) is 17.5 Å². The van der Waals surface area contributed by atoms with Crippen molar-refractivity contribution in [1.29, 1.82) is 0 Å². The average Bonchev–Trinajstić information content (AvgIpc) is 3.42. The van der Waals surface area contributed by atoms with Gasteiger partial charge in [-0.15, -0.1) is 11.3 Å². The molecule has 0 spiro atoms. The van der Waals surface area contributed by atoms with Crippen LogP contribution in [-0.2, 0) is 11.8 Å². The molecule has 4 aliphatic rings. The summed E-state index contributed by atoms with van der Waals surface area (Å²) >= 11 is 1.80. The van der Waals surface area contributed by atoms with Crippen LogP contribution in [0.25, 0.3) is 0 Å². The topological polar surface area (TPSA) is 73.6 Å². The maximum absolute atomic E-state index is 11.2. The lowest BCUT2D eigenvalue weighted by molar-refractivity contribution is 0.0862. The van der Waals surface area contributed by atoms with Crippen LogP contribution in [0.5, 0.6) is 0 Å². The van der Waals surface area contributed by atoms with Crippen LogP contribution >= 0.6 is 11.3 Å². The van der Waals surface area contributed by atoms with Gasteiger partial charge in [0.1, 0.15) is 5.01 Å². The fourth-order valence-electron chi connectivity index (χ4n) is 7.88. The van der Waals surface area contributed by atoms with E-state index < -0.39 is 18.3 Å². The van der Waals surface area contributed by atoms with E-state index in [0.29, 0.717) is 30.6 Å². The molecule has 0 aliphatic heterocycles. The lowest BCUT2D eigenvalue weighted by Gasteiger charge is -2.44.